The molecule has 88 valence electrons. The largest absolute Gasteiger partial charge is 0.277 e. The first-order valence-corrected chi connectivity index (χ1v) is 5.76. The highest BCUT2D eigenvalue weighted by Crippen LogP contribution is 2.18. The van der Waals surface area contributed by atoms with Gasteiger partial charge in [-0.05, 0) is 24.5 Å². The van der Waals surface area contributed by atoms with Gasteiger partial charge >= 0.3 is 0 Å². The molecule has 2 nitrogen and oxygen atoms in total. The molecule has 16 heavy (non-hydrogen) atoms. The van der Waals surface area contributed by atoms with Gasteiger partial charge < -0.3 is 0 Å². The first kappa shape index (κ1) is 12.8. The maximum atomic E-state index is 5.20. The predicted molar refractivity (Wildman–Crippen MR) is 68.9 cm³/mol. The van der Waals surface area contributed by atoms with Crippen molar-refractivity contribution in [2.24, 2.45) is 0 Å². The molecule has 0 saturated heterocycles. The number of nitrogens with zero attached hydrogens (tertiary/aromatic N) is 1. The minimum atomic E-state index is 1.09. The van der Waals surface area contributed by atoms with Crippen molar-refractivity contribution >= 4 is 5.70 Å². The second-order valence-corrected chi connectivity index (χ2v) is 3.80. The van der Waals surface area contributed by atoms with E-state index in [-0.39, 0.29) is 0 Å². The molecule has 0 N–H and O–H groups in total. The van der Waals surface area contributed by atoms with Crippen LogP contribution in [0.15, 0.2) is 30.3 Å². The Morgan fingerprint density at radius 3 is 2.38 bits per heavy atom. The van der Waals surface area contributed by atoms with Crippen LogP contribution >= 0.6 is 0 Å². The molecule has 1 aromatic rings. The van der Waals surface area contributed by atoms with Crippen LogP contribution in [-0.4, -0.2) is 19.2 Å². The van der Waals surface area contributed by atoms with Crippen molar-refractivity contribution in [3.05, 3.63) is 41.5 Å². The van der Waals surface area contributed by atoms with E-state index >= 15 is 0 Å². The van der Waals surface area contributed by atoms with Gasteiger partial charge in [0.2, 0.25) is 0 Å². The predicted octanol–water partition coefficient (Wildman–Crippen LogP) is 3.49. The average Bonchev–Trinajstić information content (AvgIpc) is 2.32. The number of benzene rings is 1. The van der Waals surface area contributed by atoms with Crippen LogP contribution in [0.1, 0.15) is 31.4 Å². The highest BCUT2D eigenvalue weighted by atomic mass is 16.7. The van der Waals surface area contributed by atoms with Gasteiger partial charge in [-0.1, -0.05) is 43.7 Å². The summed E-state index contributed by atoms with van der Waals surface area (Å²) >= 11 is 0. The van der Waals surface area contributed by atoms with Crippen molar-refractivity contribution in [1.29, 1.82) is 0 Å². The smallest absolute Gasteiger partial charge is 0.0662 e. The first-order valence-electron chi connectivity index (χ1n) is 5.76. The van der Waals surface area contributed by atoms with Gasteiger partial charge in [0.1, 0.15) is 0 Å². The van der Waals surface area contributed by atoms with Crippen LogP contribution in [0.5, 0.6) is 0 Å². The maximum absolute atomic E-state index is 5.20. The minimum Gasteiger partial charge on any atom is -0.277 e. The molecule has 0 fully saturated rings. The second-order valence-electron chi connectivity index (χ2n) is 3.80. The van der Waals surface area contributed by atoms with Crippen molar-refractivity contribution in [2.75, 3.05) is 14.2 Å². The topological polar surface area (TPSA) is 12.5 Å². The third-order valence-corrected chi connectivity index (χ3v) is 2.67. The fraction of sp³-hybridized carbons (Fsp3) is 0.429. The third kappa shape index (κ3) is 3.11. The van der Waals surface area contributed by atoms with E-state index in [1.165, 1.54) is 17.5 Å². The summed E-state index contributed by atoms with van der Waals surface area (Å²) < 4.78 is 0. The summed E-state index contributed by atoms with van der Waals surface area (Å²) in [5.74, 6) is 0. The van der Waals surface area contributed by atoms with Crippen molar-refractivity contribution in [1.82, 2.24) is 5.06 Å². The summed E-state index contributed by atoms with van der Waals surface area (Å²) in [5.41, 5.74) is 3.67. The van der Waals surface area contributed by atoms with E-state index in [1.807, 2.05) is 14.0 Å². The van der Waals surface area contributed by atoms with Crippen LogP contribution in [0.3, 0.4) is 0 Å². The second kappa shape index (κ2) is 6.33. The zero-order valence-corrected chi connectivity index (χ0v) is 10.7. The number of hydrogen-bond acceptors (Lipinski definition) is 2. The fourth-order valence-electron chi connectivity index (χ4n) is 1.76. The quantitative estimate of drug-likeness (QED) is 0.703. The van der Waals surface area contributed by atoms with Crippen LogP contribution in [0.2, 0.25) is 0 Å². The van der Waals surface area contributed by atoms with Crippen molar-refractivity contribution in [3.8, 4) is 0 Å². The summed E-state index contributed by atoms with van der Waals surface area (Å²) in [6, 6.07) is 8.67. The fourth-order valence-corrected chi connectivity index (χ4v) is 1.76. The molecule has 0 amide bonds. The molecule has 0 aromatic heterocycles. The van der Waals surface area contributed by atoms with E-state index in [4.69, 9.17) is 4.84 Å². The Labute approximate surface area is 98.5 Å². The molecule has 0 bridgehead atoms. The van der Waals surface area contributed by atoms with Crippen molar-refractivity contribution < 1.29 is 4.84 Å². The Kier molecular flexibility index (Phi) is 5.06. The molecule has 0 unspecified atom stereocenters. The Morgan fingerprint density at radius 1 is 1.31 bits per heavy atom. The first-order chi connectivity index (χ1) is 7.72. The lowest BCUT2D eigenvalue weighted by Gasteiger charge is -2.19. The average molecular weight is 219 g/mol. The van der Waals surface area contributed by atoms with Crippen LogP contribution in [-0.2, 0) is 11.3 Å². The molecule has 0 aliphatic carbocycles. The normalized spacial score (nSPS) is 11.6. The lowest BCUT2D eigenvalue weighted by atomic mass is 10.1. The number of hydroxylamine groups is 2. The summed E-state index contributed by atoms with van der Waals surface area (Å²) in [6.07, 6.45) is 4.39. The molecule has 0 aliphatic rings. The lowest BCUT2D eigenvalue weighted by Crippen LogP contribution is -2.14. The molecule has 0 heterocycles. The molecule has 0 atom stereocenters. The molecule has 0 saturated carbocycles. The van der Waals surface area contributed by atoms with Crippen LogP contribution in [0.4, 0.5) is 0 Å². The molecule has 1 rings (SSSR count). The van der Waals surface area contributed by atoms with Gasteiger partial charge in [-0.2, -0.15) is 0 Å². The SMILES string of the molecule is C/C=C(/c1ccc(CCC)cc1)N(C)OC. The van der Waals surface area contributed by atoms with E-state index < -0.39 is 0 Å². The zero-order chi connectivity index (χ0) is 12.0. The highest BCUT2D eigenvalue weighted by molar-refractivity contribution is 5.63. The Balaban J connectivity index is 2.87. The molecule has 0 spiro atoms. The van der Waals surface area contributed by atoms with Gasteiger partial charge in [0.25, 0.3) is 0 Å². The Hall–Kier alpha value is -1.28. The summed E-state index contributed by atoms with van der Waals surface area (Å²) in [4.78, 5) is 5.20. The summed E-state index contributed by atoms with van der Waals surface area (Å²) in [6.45, 7) is 4.22. The molecule has 0 aliphatic heterocycles. The minimum absolute atomic E-state index is 1.09. The highest BCUT2D eigenvalue weighted by Gasteiger charge is 2.05. The number of hydrogen-bond donors (Lipinski definition) is 0. The van der Waals surface area contributed by atoms with Gasteiger partial charge in [-0.3, -0.25) is 9.90 Å². The van der Waals surface area contributed by atoms with Crippen LogP contribution < -0.4 is 0 Å². The van der Waals surface area contributed by atoms with E-state index in [0.717, 1.165) is 12.1 Å². The maximum Gasteiger partial charge on any atom is 0.0662 e. The molecular weight excluding hydrogens is 198 g/mol. The molecular formula is C14H21NO. The molecule has 1 aromatic carbocycles. The molecule has 0 radical (unpaired) electrons. The van der Waals surface area contributed by atoms with E-state index in [9.17, 15) is 0 Å². The zero-order valence-electron chi connectivity index (χ0n) is 10.7. The van der Waals surface area contributed by atoms with Crippen molar-refractivity contribution in [2.45, 2.75) is 26.7 Å². The van der Waals surface area contributed by atoms with Gasteiger partial charge in [-0.15, -0.1) is 0 Å². The van der Waals surface area contributed by atoms with E-state index in [0.29, 0.717) is 0 Å². The monoisotopic (exact) mass is 219 g/mol. The van der Waals surface area contributed by atoms with Gasteiger partial charge in [0, 0.05) is 7.05 Å². The van der Waals surface area contributed by atoms with Gasteiger partial charge in [0.05, 0.1) is 12.8 Å². The Bertz CT molecular complexity index is 340. The number of aryl methyl sites for hydroxylation is 1. The summed E-state index contributed by atoms with van der Waals surface area (Å²) in [7, 11) is 3.59. The van der Waals surface area contributed by atoms with Crippen LogP contribution in [0, 0.1) is 0 Å². The van der Waals surface area contributed by atoms with Gasteiger partial charge in [-0.25, -0.2) is 0 Å². The van der Waals surface area contributed by atoms with Crippen molar-refractivity contribution in [3.63, 3.8) is 0 Å². The van der Waals surface area contributed by atoms with Crippen LogP contribution in [0.25, 0.3) is 5.70 Å². The third-order valence-electron chi connectivity index (χ3n) is 2.67. The molecule has 2 heteroatoms. The van der Waals surface area contributed by atoms with Gasteiger partial charge in [0.15, 0.2) is 0 Å². The van der Waals surface area contributed by atoms with E-state index in [2.05, 4.69) is 37.3 Å². The number of rotatable bonds is 5. The lowest BCUT2D eigenvalue weighted by molar-refractivity contribution is -0.0528. The van der Waals surface area contributed by atoms with E-state index in [1.54, 1.807) is 12.2 Å². The standard InChI is InChI=1S/C14H21NO/c1-5-7-12-8-10-13(11-9-12)14(6-2)15(3)16-4/h6,8-11H,5,7H2,1-4H3/b14-6-. The summed E-state index contributed by atoms with van der Waals surface area (Å²) in [5, 5.41) is 1.77. The number of allylic oxidation sites excluding steroid dienone is 1. The Morgan fingerprint density at radius 2 is 1.94 bits per heavy atom.